The minimum absolute atomic E-state index is 0.0509. The second-order valence-corrected chi connectivity index (χ2v) is 8.90. The molecule has 0 saturated heterocycles. The number of carbonyl (C=O) groups excluding carboxylic acids is 2. The minimum Gasteiger partial charge on any atom is -0.497 e. The van der Waals surface area contributed by atoms with Crippen molar-refractivity contribution in [1.82, 2.24) is 0 Å². The van der Waals surface area contributed by atoms with Crippen molar-refractivity contribution in [3.63, 3.8) is 0 Å². The van der Waals surface area contributed by atoms with Crippen molar-refractivity contribution < 1.29 is 42.4 Å². The van der Waals surface area contributed by atoms with Crippen molar-refractivity contribution >= 4 is 17.6 Å². The third kappa shape index (κ3) is 5.81. The van der Waals surface area contributed by atoms with E-state index in [1.54, 1.807) is 50.4 Å². The van der Waals surface area contributed by atoms with Crippen LogP contribution in [0.15, 0.2) is 54.6 Å². The predicted molar refractivity (Wildman–Crippen MR) is 145 cm³/mol. The van der Waals surface area contributed by atoms with E-state index in [2.05, 4.69) is 0 Å². The van der Waals surface area contributed by atoms with E-state index in [9.17, 15) is 14.0 Å². The lowest BCUT2D eigenvalue weighted by atomic mass is 9.97. The first-order chi connectivity index (χ1) is 19.3. The van der Waals surface area contributed by atoms with Crippen LogP contribution in [0.5, 0.6) is 23.0 Å². The summed E-state index contributed by atoms with van der Waals surface area (Å²) in [5.74, 6) is 0.247. The van der Waals surface area contributed by atoms with Gasteiger partial charge in [-0.05, 0) is 43.3 Å². The lowest BCUT2D eigenvalue weighted by molar-refractivity contribution is -0.151. The summed E-state index contributed by atoms with van der Waals surface area (Å²) in [5, 5.41) is 0. The number of benzene rings is 3. The summed E-state index contributed by atoms with van der Waals surface area (Å²) in [6.07, 6.45) is -2.58. The number of halogens is 1. The van der Waals surface area contributed by atoms with Crippen LogP contribution in [-0.4, -0.2) is 53.0 Å². The molecule has 4 rings (SSSR count). The molecule has 0 N–H and O–H groups in total. The fraction of sp³-hybridized carbons (Fsp3) is 0.333. The Kier molecular flexibility index (Phi) is 9.11. The van der Waals surface area contributed by atoms with Gasteiger partial charge >= 0.3 is 5.97 Å². The molecule has 212 valence electrons. The number of methoxy groups -OCH3 is 4. The van der Waals surface area contributed by atoms with E-state index in [1.807, 2.05) is 0 Å². The van der Waals surface area contributed by atoms with Crippen molar-refractivity contribution in [2.75, 3.05) is 39.9 Å². The van der Waals surface area contributed by atoms with Gasteiger partial charge < -0.3 is 33.3 Å². The van der Waals surface area contributed by atoms with Crippen LogP contribution < -0.4 is 23.8 Å². The molecular weight excluding hydrogens is 521 g/mol. The van der Waals surface area contributed by atoms with Crippen molar-refractivity contribution in [3.05, 3.63) is 77.1 Å². The van der Waals surface area contributed by atoms with Crippen LogP contribution in [0.1, 0.15) is 36.1 Å². The molecule has 0 aliphatic carbocycles. The summed E-state index contributed by atoms with van der Waals surface area (Å²) in [5.41, 5.74) is 1.95. The summed E-state index contributed by atoms with van der Waals surface area (Å²) < 4.78 is 48.3. The van der Waals surface area contributed by atoms with Crippen LogP contribution in [0.4, 0.5) is 10.1 Å². The molecule has 2 atom stereocenters. The zero-order valence-electron chi connectivity index (χ0n) is 23.1. The van der Waals surface area contributed by atoms with Crippen LogP contribution in [0.3, 0.4) is 0 Å². The predicted octanol–water partition coefficient (Wildman–Crippen LogP) is 4.83. The number of ether oxygens (including phenoxy) is 6. The van der Waals surface area contributed by atoms with Gasteiger partial charge in [0.1, 0.15) is 29.5 Å². The first-order valence-electron chi connectivity index (χ1n) is 12.7. The Morgan fingerprint density at radius 2 is 1.70 bits per heavy atom. The Bertz CT molecular complexity index is 1380. The number of anilines is 1. The molecular formula is C30H32FNO8. The number of hydrogen-bond donors (Lipinski definition) is 0. The summed E-state index contributed by atoms with van der Waals surface area (Å²) >= 11 is 0. The molecule has 40 heavy (non-hydrogen) atoms. The van der Waals surface area contributed by atoms with Gasteiger partial charge in [-0.25, -0.2) is 4.39 Å². The topological polar surface area (TPSA) is 92.8 Å². The van der Waals surface area contributed by atoms with Gasteiger partial charge in [-0.1, -0.05) is 12.1 Å². The molecule has 0 aromatic heterocycles. The number of carbonyl (C=O) groups is 2. The molecule has 1 heterocycles. The van der Waals surface area contributed by atoms with E-state index in [0.717, 1.165) is 0 Å². The van der Waals surface area contributed by atoms with Crippen molar-refractivity contribution in [2.24, 2.45) is 0 Å². The number of para-hydroxylation sites is 1. The second-order valence-electron chi connectivity index (χ2n) is 8.90. The second kappa shape index (κ2) is 12.7. The van der Waals surface area contributed by atoms with E-state index in [1.165, 1.54) is 44.4 Å². The normalized spacial score (nSPS) is 16.6. The van der Waals surface area contributed by atoms with Gasteiger partial charge in [0.05, 0.1) is 53.7 Å². The van der Waals surface area contributed by atoms with Crippen molar-refractivity contribution in [2.45, 2.75) is 32.1 Å². The molecule has 0 spiro atoms. The molecule has 1 aliphatic heterocycles. The van der Waals surface area contributed by atoms with Crippen LogP contribution in [-0.2, 0) is 25.6 Å². The molecule has 9 nitrogen and oxygen atoms in total. The fourth-order valence-corrected chi connectivity index (χ4v) is 4.75. The molecule has 0 saturated carbocycles. The molecule has 0 fully saturated rings. The third-order valence-electron chi connectivity index (χ3n) is 6.60. The summed E-state index contributed by atoms with van der Waals surface area (Å²) in [4.78, 5) is 28.1. The SMILES string of the molecule is CCOC(=O)C[C@@H]1O[C@@H](c2cccc(OC)c2OC)c2cc(F)ccc2N(Cc2ccc(OC)cc2OC)C1=O. The highest BCUT2D eigenvalue weighted by Gasteiger charge is 2.39. The first-order valence-corrected chi connectivity index (χ1v) is 12.7. The van der Waals surface area contributed by atoms with Gasteiger partial charge in [0, 0.05) is 22.8 Å². The standard InChI is InChI=1S/C30H32FNO8/c1-6-39-27(33)16-26-30(34)32(17-18-10-12-20(35-2)15-25(18)37-4)23-13-11-19(31)14-22(23)28(40-26)21-8-7-9-24(36-3)29(21)38-5/h7-15,26,28H,6,16-17H2,1-5H3/t26-,28-/m0/s1. The maximum absolute atomic E-state index is 14.8. The lowest BCUT2D eigenvalue weighted by Crippen LogP contribution is -2.40. The van der Waals surface area contributed by atoms with Gasteiger partial charge in [0.15, 0.2) is 11.5 Å². The molecule has 10 heteroatoms. The molecule has 3 aromatic rings. The number of nitrogens with zero attached hydrogens (tertiary/aromatic N) is 1. The number of rotatable bonds is 10. The van der Waals surface area contributed by atoms with Crippen LogP contribution in [0.2, 0.25) is 0 Å². The quantitative estimate of drug-likeness (QED) is 0.330. The van der Waals surface area contributed by atoms with E-state index in [4.69, 9.17) is 28.4 Å². The Balaban J connectivity index is 1.90. The molecule has 1 aliphatic rings. The largest absolute Gasteiger partial charge is 0.497 e. The highest BCUT2D eigenvalue weighted by molar-refractivity contribution is 6.00. The third-order valence-corrected chi connectivity index (χ3v) is 6.60. The summed E-state index contributed by atoms with van der Waals surface area (Å²) in [6, 6.07) is 14.6. The first kappa shape index (κ1) is 28.7. The van der Waals surface area contributed by atoms with Crippen LogP contribution >= 0.6 is 0 Å². The highest BCUT2D eigenvalue weighted by Crippen LogP contribution is 2.45. The van der Waals surface area contributed by atoms with Gasteiger partial charge in [-0.15, -0.1) is 0 Å². The van der Waals surface area contributed by atoms with Crippen LogP contribution in [0.25, 0.3) is 0 Å². The van der Waals surface area contributed by atoms with Gasteiger partial charge in [0.2, 0.25) is 0 Å². The molecule has 0 bridgehead atoms. The van der Waals surface area contributed by atoms with Gasteiger partial charge in [-0.2, -0.15) is 0 Å². The van der Waals surface area contributed by atoms with E-state index < -0.39 is 29.9 Å². The number of esters is 1. The van der Waals surface area contributed by atoms with E-state index in [-0.39, 0.29) is 19.6 Å². The van der Waals surface area contributed by atoms with E-state index >= 15 is 0 Å². The van der Waals surface area contributed by atoms with Gasteiger partial charge in [0.25, 0.3) is 5.91 Å². The Labute approximate surface area is 232 Å². The summed E-state index contributed by atoms with van der Waals surface area (Å²) in [7, 11) is 6.04. The fourth-order valence-electron chi connectivity index (χ4n) is 4.75. The average Bonchev–Trinajstić information content (AvgIpc) is 3.07. The smallest absolute Gasteiger partial charge is 0.308 e. The minimum atomic E-state index is -1.25. The zero-order valence-corrected chi connectivity index (χ0v) is 23.1. The van der Waals surface area contributed by atoms with Crippen LogP contribution in [0, 0.1) is 5.82 Å². The average molecular weight is 554 g/mol. The number of amides is 1. The van der Waals surface area contributed by atoms with Crippen molar-refractivity contribution in [3.8, 4) is 23.0 Å². The van der Waals surface area contributed by atoms with Gasteiger partial charge in [-0.3, -0.25) is 9.59 Å². The molecule has 0 radical (unpaired) electrons. The number of hydrogen-bond acceptors (Lipinski definition) is 8. The van der Waals surface area contributed by atoms with E-state index in [0.29, 0.717) is 45.4 Å². The zero-order chi connectivity index (χ0) is 28.8. The Morgan fingerprint density at radius 1 is 0.925 bits per heavy atom. The maximum atomic E-state index is 14.8. The molecule has 1 amide bonds. The van der Waals surface area contributed by atoms with Crippen molar-refractivity contribution in [1.29, 1.82) is 0 Å². The Hall–Kier alpha value is -4.31. The highest BCUT2D eigenvalue weighted by atomic mass is 19.1. The number of fused-ring (bicyclic) bond motifs is 1. The Morgan fingerprint density at radius 3 is 2.38 bits per heavy atom. The lowest BCUT2D eigenvalue weighted by Gasteiger charge is -2.26. The summed E-state index contributed by atoms with van der Waals surface area (Å²) in [6.45, 7) is 1.87. The monoisotopic (exact) mass is 553 g/mol. The molecule has 0 unspecified atom stereocenters. The molecule has 3 aromatic carbocycles. The maximum Gasteiger partial charge on any atom is 0.308 e.